The summed E-state index contributed by atoms with van der Waals surface area (Å²) >= 11 is 0. The largest absolute Gasteiger partial charge is 0.384 e. The Morgan fingerprint density at radius 3 is 2.57 bits per heavy atom. The molecule has 1 spiro atoms. The zero-order valence-corrected chi connectivity index (χ0v) is 12.8. The zero-order valence-electron chi connectivity index (χ0n) is 12.8. The first-order valence-electron chi connectivity index (χ1n) is 7.91. The summed E-state index contributed by atoms with van der Waals surface area (Å²) in [4.78, 5) is 2.24. The highest BCUT2D eigenvalue weighted by Crippen LogP contribution is 2.43. The number of amidine groups is 1. The molecule has 3 rings (SSSR count). The van der Waals surface area contributed by atoms with Crippen molar-refractivity contribution in [1.29, 1.82) is 5.41 Å². The Labute approximate surface area is 126 Å². The number of nitrogens with one attached hydrogen (secondary N) is 1. The van der Waals surface area contributed by atoms with Gasteiger partial charge < -0.3 is 15.4 Å². The number of hydrogen-bond acceptors (Lipinski definition) is 3. The molecule has 0 amide bonds. The van der Waals surface area contributed by atoms with Crippen LogP contribution < -0.4 is 10.6 Å². The number of anilines is 1. The van der Waals surface area contributed by atoms with Gasteiger partial charge in [0.25, 0.3) is 0 Å². The van der Waals surface area contributed by atoms with Crippen molar-refractivity contribution in [3.8, 4) is 0 Å². The molecule has 1 unspecified atom stereocenters. The summed E-state index contributed by atoms with van der Waals surface area (Å²) in [5, 5.41) is 7.43. The van der Waals surface area contributed by atoms with Gasteiger partial charge >= 0.3 is 0 Å². The molecule has 0 radical (unpaired) electrons. The molecule has 1 aromatic rings. The molecule has 0 bridgehead atoms. The van der Waals surface area contributed by atoms with Crippen LogP contribution in [0.1, 0.15) is 44.1 Å². The summed E-state index contributed by atoms with van der Waals surface area (Å²) in [5.41, 5.74) is 7.62. The predicted molar refractivity (Wildman–Crippen MR) is 86.0 cm³/mol. The van der Waals surface area contributed by atoms with Crippen LogP contribution in [0, 0.1) is 5.41 Å². The summed E-state index contributed by atoms with van der Waals surface area (Å²) in [6, 6.07) is 7.86. The fourth-order valence-electron chi connectivity index (χ4n) is 3.72. The first-order valence-corrected chi connectivity index (χ1v) is 7.91. The van der Waals surface area contributed by atoms with Crippen molar-refractivity contribution in [2.75, 3.05) is 18.5 Å². The van der Waals surface area contributed by atoms with Gasteiger partial charge in [0.15, 0.2) is 0 Å². The van der Waals surface area contributed by atoms with Crippen LogP contribution in [0.2, 0.25) is 0 Å². The van der Waals surface area contributed by atoms with Crippen molar-refractivity contribution in [3.63, 3.8) is 0 Å². The Morgan fingerprint density at radius 1 is 1.29 bits per heavy atom. The van der Waals surface area contributed by atoms with Crippen LogP contribution in [0.3, 0.4) is 0 Å². The molecule has 2 fully saturated rings. The number of nitrogens with zero attached hydrogens (tertiary/aromatic N) is 1. The highest BCUT2D eigenvalue weighted by atomic mass is 16.5. The van der Waals surface area contributed by atoms with Crippen molar-refractivity contribution in [2.24, 2.45) is 5.73 Å². The molecule has 4 heteroatoms. The lowest BCUT2D eigenvalue weighted by Gasteiger charge is -2.27. The summed E-state index contributed by atoms with van der Waals surface area (Å²) in [7, 11) is 2.10. The predicted octanol–water partition coefficient (Wildman–Crippen LogP) is 2.90. The Bertz CT molecular complexity index is 505. The highest BCUT2D eigenvalue weighted by molar-refractivity contribution is 5.95. The van der Waals surface area contributed by atoms with Crippen molar-refractivity contribution >= 4 is 11.5 Å². The van der Waals surface area contributed by atoms with E-state index in [1.807, 2.05) is 24.3 Å². The minimum atomic E-state index is 0.117. The molecule has 1 heterocycles. The second kappa shape index (κ2) is 5.68. The van der Waals surface area contributed by atoms with E-state index in [1.54, 1.807) is 0 Å². The molecule has 1 aliphatic carbocycles. The van der Waals surface area contributed by atoms with Crippen LogP contribution in [0.15, 0.2) is 24.3 Å². The maximum Gasteiger partial charge on any atom is 0.122 e. The van der Waals surface area contributed by atoms with E-state index in [1.165, 1.54) is 38.5 Å². The van der Waals surface area contributed by atoms with E-state index in [-0.39, 0.29) is 11.4 Å². The van der Waals surface area contributed by atoms with Crippen LogP contribution in [-0.4, -0.2) is 31.1 Å². The van der Waals surface area contributed by atoms with E-state index >= 15 is 0 Å². The summed E-state index contributed by atoms with van der Waals surface area (Å²) in [5.74, 6) is 0.117. The van der Waals surface area contributed by atoms with Gasteiger partial charge in [-0.3, -0.25) is 5.41 Å². The number of likely N-dealkylation sites (N-methyl/N-ethyl adjacent to an activating group) is 1. The smallest absolute Gasteiger partial charge is 0.122 e. The van der Waals surface area contributed by atoms with Crippen LogP contribution in [0.25, 0.3) is 0 Å². The second-order valence-corrected chi connectivity index (χ2v) is 6.51. The molecule has 2 aliphatic rings. The van der Waals surface area contributed by atoms with Gasteiger partial charge in [-0.25, -0.2) is 0 Å². The van der Waals surface area contributed by atoms with Gasteiger partial charge in [-0.2, -0.15) is 0 Å². The van der Waals surface area contributed by atoms with E-state index in [0.717, 1.165) is 17.8 Å². The number of rotatable bonds is 4. The molecule has 114 valence electrons. The minimum Gasteiger partial charge on any atom is -0.384 e. The third-order valence-corrected chi connectivity index (χ3v) is 4.95. The summed E-state index contributed by atoms with van der Waals surface area (Å²) in [6.07, 6.45) is 7.91. The van der Waals surface area contributed by atoms with Gasteiger partial charge in [-0.1, -0.05) is 12.8 Å². The monoisotopic (exact) mass is 287 g/mol. The first kappa shape index (κ1) is 14.4. The lowest BCUT2D eigenvalue weighted by atomic mass is 9.98. The van der Waals surface area contributed by atoms with E-state index in [2.05, 4.69) is 11.9 Å². The van der Waals surface area contributed by atoms with E-state index < -0.39 is 0 Å². The summed E-state index contributed by atoms with van der Waals surface area (Å²) in [6.45, 7) is 0.932. The van der Waals surface area contributed by atoms with E-state index in [9.17, 15) is 0 Å². The Morgan fingerprint density at radius 2 is 1.95 bits per heavy atom. The molecule has 1 aliphatic heterocycles. The second-order valence-electron chi connectivity index (χ2n) is 6.51. The van der Waals surface area contributed by atoms with Gasteiger partial charge in [0.1, 0.15) is 5.84 Å². The minimum absolute atomic E-state index is 0.117. The molecule has 0 aromatic heterocycles. The zero-order chi connectivity index (χ0) is 14.9. The van der Waals surface area contributed by atoms with Crippen LogP contribution >= 0.6 is 0 Å². The lowest BCUT2D eigenvalue weighted by molar-refractivity contribution is -0.0324. The quantitative estimate of drug-likeness (QED) is 0.661. The van der Waals surface area contributed by atoms with Crippen LogP contribution in [-0.2, 0) is 4.74 Å². The number of nitrogen functional groups attached to an aromatic ring is 1. The maximum absolute atomic E-state index is 7.43. The molecule has 3 N–H and O–H groups in total. The molecule has 1 saturated carbocycles. The van der Waals surface area contributed by atoms with E-state index in [0.29, 0.717) is 6.10 Å². The normalized spacial score (nSPS) is 23.6. The molecule has 21 heavy (non-hydrogen) atoms. The van der Waals surface area contributed by atoms with Crippen LogP contribution in [0.5, 0.6) is 0 Å². The fourth-order valence-corrected chi connectivity index (χ4v) is 3.72. The fraction of sp³-hybridized carbons (Fsp3) is 0.588. The Kier molecular flexibility index (Phi) is 3.89. The average Bonchev–Trinajstić information content (AvgIpc) is 3.09. The highest BCUT2D eigenvalue weighted by Gasteiger charge is 2.42. The SMILES string of the molecule is CN(CC1CCC2(CCCC2)O1)c1ccc(C(=N)N)cc1. The topological polar surface area (TPSA) is 62.3 Å². The Hall–Kier alpha value is -1.55. The molecule has 1 atom stereocenters. The Balaban J connectivity index is 1.59. The average molecular weight is 287 g/mol. The number of benzene rings is 1. The van der Waals surface area contributed by atoms with Gasteiger partial charge in [0, 0.05) is 24.8 Å². The molecule has 1 saturated heterocycles. The number of hydrogen-bond donors (Lipinski definition) is 2. The number of ether oxygens (including phenoxy) is 1. The molecular formula is C17H25N3O. The van der Waals surface area contributed by atoms with Gasteiger partial charge in [0.05, 0.1) is 11.7 Å². The third-order valence-electron chi connectivity index (χ3n) is 4.95. The first-order chi connectivity index (χ1) is 10.1. The maximum atomic E-state index is 7.43. The molecule has 4 nitrogen and oxygen atoms in total. The third kappa shape index (κ3) is 3.05. The van der Waals surface area contributed by atoms with Crippen molar-refractivity contribution < 1.29 is 4.74 Å². The standard InChI is InChI=1S/C17H25N3O/c1-20(14-6-4-13(5-7-14)16(18)19)12-15-8-11-17(21-15)9-2-3-10-17/h4-7,15H,2-3,8-12H2,1H3,(H3,18,19). The van der Waals surface area contributed by atoms with Crippen LogP contribution in [0.4, 0.5) is 5.69 Å². The van der Waals surface area contributed by atoms with Crippen molar-refractivity contribution in [1.82, 2.24) is 0 Å². The molecule has 1 aromatic carbocycles. The van der Waals surface area contributed by atoms with Crippen molar-refractivity contribution in [3.05, 3.63) is 29.8 Å². The lowest BCUT2D eigenvalue weighted by Crippen LogP contribution is -2.32. The number of nitrogens with two attached hydrogens (primary N) is 1. The van der Waals surface area contributed by atoms with Crippen molar-refractivity contribution in [2.45, 2.75) is 50.2 Å². The van der Waals surface area contributed by atoms with Gasteiger partial charge in [0.2, 0.25) is 0 Å². The van der Waals surface area contributed by atoms with Gasteiger partial charge in [-0.15, -0.1) is 0 Å². The van der Waals surface area contributed by atoms with E-state index in [4.69, 9.17) is 15.9 Å². The van der Waals surface area contributed by atoms with Gasteiger partial charge in [-0.05, 0) is 49.9 Å². The summed E-state index contributed by atoms with van der Waals surface area (Å²) < 4.78 is 6.37. The molecular weight excluding hydrogens is 262 g/mol.